The quantitative estimate of drug-likeness (QED) is 0.451. The summed E-state index contributed by atoms with van der Waals surface area (Å²) < 4.78 is 28.5. The van der Waals surface area contributed by atoms with Gasteiger partial charge in [0.15, 0.2) is 0 Å². The largest absolute Gasteiger partial charge is 0.357 e. The Kier molecular flexibility index (Phi) is 8.88. The van der Waals surface area contributed by atoms with E-state index in [1.54, 1.807) is 37.3 Å². The molecule has 2 amide bonds. The van der Waals surface area contributed by atoms with Crippen LogP contribution in [0.4, 0.5) is 5.69 Å². The van der Waals surface area contributed by atoms with Crippen molar-refractivity contribution in [2.75, 3.05) is 17.9 Å². The monoisotopic (exact) mass is 507 g/mol. The topological polar surface area (TPSA) is 86.8 Å². The molecule has 0 bridgehead atoms. The lowest BCUT2D eigenvalue weighted by molar-refractivity contribution is -0.139. The number of rotatable bonds is 10. The van der Waals surface area contributed by atoms with E-state index in [1.807, 2.05) is 50.2 Å². The van der Waals surface area contributed by atoms with E-state index in [0.717, 1.165) is 27.4 Å². The number of benzene rings is 3. The predicted octanol–water partition coefficient (Wildman–Crippen LogP) is 3.92. The van der Waals surface area contributed by atoms with Gasteiger partial charge in [0.2, 0.25) is 11.8 Å². The van der Waals surface area contributed by atoms with Gasteiger partial charge in [-0.05, 0) is 55.7 Å². The second-order valence-corrected chi connectivity index (χ2v) is 10.5. The van der Waals surface area contributed by atoms with E-state index in [0.29, 0.717) is 5.69 Å². The molecule has 1 N–H and O–H groups in total. The highest BCUT2D eigenvalue weighted by atomic mass is 32.2. The zero-order chi connectivity index (χ0) is 26.3. The van der Waals surface area contributed by atoms with Gasteiger partial charge in [0.05, 0.1) is 10.6 Å². The van der Waals surface area contributed by atoms with Crippen molar-refractivity contribution in [1.82, 2.24) is 10.2 Å². The number of nitrogens with zero attached hydrogens (tertiary/aromatic N) is 2. The Morgan fingerprint density at radius 1 is 0.917 bits per heavy atom. The van der Waals surface area contributed by atoms with Crippen molar-refractivity contribution in [3.63, 3.8) is 0 Å². The summed E-state index contributed by atoms with van der Waals surface area (Å²) in [7, 11) is -2.54. The summed E-state index contributed by atoms with van der Waals surface area (Å²) in [5, 5.41) is 2.59. The number of amides is 2. The molecular formula is C28H33N3O4S. The molecule has 0 aliphatic carbocycles. The van der Waals surface area contributed by atoms with Crippen LogP contribution in [0.5, 0.6) is 0 Å². The normalized spacial score (nSPS) is 12.0. The summed E-state index contributed by atoms with van der Waals surface area (Å²) in [6, 6.07) is 22.0. The molecular weight excluding hydrogens is 474 g/mol. The van der Waals surface area contributed by atoms with Gasteiger partial charge in [0.1, 0.15) is 12.6 Å². The van der Waals surface area contributed by atoms with E-state index < -0.39 is 28.5 Å². The second-order valence-electron chi connectivity index (χ2n) is 8.65. The van der Waals surface area contributed by atoms with Crippen molar-refractivity contribution in [2.45, 2.75) is 44.7 Å². The molecule has 0 spiro atoms. The average Bonchev–Trinajstić information content (AvgIpc) is 2.90. The maximum absolute atomic E-state index is 13.7. The van der Waals surface area contributed by atoms with Crippen molar-refractivity contribution in [3.05, 3.63) is 95.6 Å². The molecule has 0 heterocycles. The van der Waals surface area contributed by atoms with Crippen molar-refractivity contribution in [2.24, 2.45) is 0 Å². The minimum Gasteiger partial charge on any atom is -0.357 e. The van der Waals surface area contributed by atoms with E-state index in [1.165, 1.54) is 24.1 Å². The smallest absolute Gasteiger partial charge is 0.264 e. The van der Waals surface area contributed by atoms with Crippen LogP contribution in [0.2, 0.25) is 0 Å². The lowest BCUT2D eigenvalue weighted by atomic mass is 10.1. The highest BCUT2D eigenvalue weighted by Crippen LogP contribution is 2.25. The van der Waals surface area contributed by atoms with Gasteiger partial charge in [0, 0.05) is 13.6 Å². The Balaban J connectivity index is 2.02. The van der Waals surface area contributed by atoms with Gasteiger partial charge in [-0.15, -0.1) is 0 Å². The Hall–Kier alpha value is -3.65. The number of sulfonamides is 1. The third-order valence-electron chi connectivity index (χ3n) is 6.09. The molecule has 0 aliphatic rings. The second kappa shape index (κ2) is 11.9. The van der Waals surface area contributed by atoms with Crippen molar-refractivity contribution in [1.29, 1.82) is 0 Å². The number of hydrogen-bond donors (Lipinski definition) is 1. The highest BCUT2D eigenvalue weighted by molar-refractivity contribution is 7.92. The number of carbonyl (C=O) groups excluding carboxylic acids is 2. The van der Waals surface area contributed by atoms with Crippen LogP contribution in [0.15, 0.2) is 83.8 Å². The molecule has 3 aromatic carbocycles. The molecule has 0 aromatic heterocycles. The lowest BCUT2D eigenvalue weighted by Crippen LogP contribution is -2.50. The molecule has 0 fully saturated rings. The van der Waals surface area contributed by atoms with Crippen molar-refractivity contribution >= 4 is 27.5 Å². The van der Waals surface area contributed by atoms with E-state index in [-0.39, 0.29) is 17.3 Å². The first-order valence-electron chi connectivity index (χ1n) is 11.9. The van der Waals surface area contributed by atoms with Gasteiger partial charge in [-0.3, -0.25) is 13.9 Å². The fourth-order valence-electron chi connectivity index (χ4n) is 3.95. The van der Waals surface area contributed by atoms with E-state index in [9.17, 15) is 18.0 Å². The van der Waals surface area contributed by atoms with Crippen LogP contribution >= 0.6 is 0 Å². The fourth-order valence-corrected chi connectivity index (χ4v) is 5.38. The molecule has 0 aliphatic heterocycles. The number of likely N-dealkylation sites (N-methyl/N-ethyl adjacent to an activating group) is 1. The average molecular weight is 508 g/mol. The first-order valence-corrected chi connectivity index (χ1v) is 13.3. The van der Waals surface area contributed by atoms with E-state index >= 15 is 0 Å². The maximum Gasteiger partial charge on any atom is 0.264 e. The SMILES string of the molecule is CCc1ccc(N(CC(=O)N(Cc2cccc(C)c2)[C@H](C)C(=O)NC)S(=O)(=O)c2ccccc2)cc1. The summed E-state index contributed by atoms with van der Waals surface area (Å²) >= 11 is 0. The molecule has 0 radical (unpaired) electrons. The maximum atomic E-state index is 13.7. The van der Waals surface area contributed by atoms with Gasteiger partial charge < -0.3 is 10.2 Å². The highest BCUT2D eigenvalue weighted by Gasteiger charge is 2.32. The minimum absolute atomic E-state index is 0.0851. The standard InChI is InChI=1S/C28H33N3O4S/c1-5-23-14-16-25(17-15-23)31(36(34,35)26-12-7-6-8-13-26)20-27(32)30(22(3)28(33)29-4)19-24-11-9-10-21(2)18-24/h6-18,22H,5,19-20H2,1-4H3,(H,29,33)/t22-/m1/s1. The van der Waals surface area contributed by atoms with Crippen LogP contribution in [-0.4, -0.2) is 44.8 Å². The molecule has 3 rings (SSSR count). The zero-order valence-electron chi connectivity index (χ0n) is 21.1. The Bertz CT molecular complexity index is 1290. The number of carbonyl (C=O) groups is 2. The molecule has 3 aromatic rings. The van der Waals surface area contributed by atoms with Crippen molar-refractivity contribution in [3.8, 4) is 0 Å². The summed E-state index contributed by atoms with van der Waals surface area (Å²) in [5.41, 5.74) is 3.31. The van der Waals surface area contributed by atoms with Gasteiger partial charge in [-0.2, -0.15) is 0 Å². The first kappa shape index (κ1) is 26.9. The van der Waals surface area contributed by atoms with Crippen LogP contribution in [-0.2, 0) is 32.6 Å². The van der Waals surface area contributed by atoms with Crippen LogP contribution in [0.25, 0.3) is 0 Å². The van der Waals surface area contributed by atoms with Gasteiger partial charge in [-0.25, -0.2) is 8.42 Å². The number of nitrogens with one attached hydrogen (secondary N) is 1. The Morgan fingerprint density at radius 3 is 2.17 bits per heavy atom. The van der Waals surface area contributed by atoms with Crippen LogP contribution in [0.1, 0.15) is 30.5 Å². The van der Waals surface area contributed by atoms with E-state index in [2.05, 4.69) is 5.32 Å². The Morgan fingerprint density at radius 2 is 1.58 bits per heavy atom. The molecule has 0 saturated carbocycles. The van der Waals surface area contributed by atoms with Gasteiger partial charge in [-0.1, -0.05) is 67.1 Å². The van der Waals surface area contributed by atoms with Gasteiger partial charge >= 0.3 is 0 Å². The third-order valence-corrected chi connectivity index (χ3v) is 7.88. The predicted molar refractivity (Wildman–Crippen MR) is 142 cm³/mol. The van der Waals surface area contributed by atoms with Gasteiger partial charge in [0.25, 0.3) is 10.0 Å². The lowest BCUT2D eigenvalue weighted by Gasteiger charge is -2.32. The summed E-state index contributed by atoms with van der Waals surface area (Å²) in [6.07, 6.45) is 0.804. The first-order chi connectivity index (χ1) is 17.2. The number of hydrogen-bond acceptors (Lipinski definition) is 4. The van der Waals surface area contributed by atoms with Crippen LogP contribution < -0.4 is 9.62 Å². The molecule has 7 nitrogen and oxygen atoms in total. The number of anilines is 1. The van der Waals surface area contributed by atoms with E-state index in [4.69, 9.17) is 0 Å². The fraction of sp³-hybridized carbons (Fsp3) is 0.286. The number of aryl methyl sites for hydroxylation is 2. The molecule has 1 atom stereocenters. The molecule has 0 saturated heterocycles. The minimum atomic E-state index is -4.05. The van der Waals surface area contributed by atoms with Crippen LogP contribution in [0, 0.1) is 6.92 Å². The summed E-state index contributed by atoms with van der Waals surface area (Å²) in [6.45, 7) is 5.32. The Labute approximate surface area is 213 Å². The molecule has 36 heavy (non-hydrogen) atoms. The van der Waals surface area contributed by atoms with Crippen LogP contribution in [0.3, 0.4) is 0 Å². The molecule has 190 valence electrons. The summed E-state index contributed by atoms with van der Waals surface area (Å²) in [5.74, 6) is -0.813. The zero-order valence-corrected chi connectivity index (χ0v) is 22.0. The third kappa shape index (κ3) is 6.31. The summed E-state index contributed by atoms with van der Waals surface area (Å²) in [4.78, 5) is 27.7. The van der Waals surface area contributed by atoms with Crippen molar-refractivity contribution < 1.29 is 18.0 Å². The molecule has 8 heteroatoms. The molecule has 0 unspecified atom stereocenters.